The van der Waals surface area contributed by atoms with Crippen molar-refractivity contribution in [2.75, 3.05) is 19.6 Å². The van der Waals surface area contributed by atoms with Crippen LogP contribution >= 0.6 is 0 Å². The number of hydrogen-bond acceptors (Lipinski definition) is 2. The molecule has 3 rings (SSSR count). The topological polar surface area (TPSA) is 32.3 Å². The van der Waals surface area contributed by atoms with Gasteiger partial charge in [0.05, 0.1) is 0 Å². The molecule has 1 N–H and O–H groups in total. The van der Waals surface area contributed by atoms with Crippen LogP contribution in [0.25, 0.3) is 0 Å². The van der Waals surface area contributed by atoms with Gasteiger partial charge in [-0.3, -0.25) is 4.79 Å². The lowest BCUT2D eigenvalue weighted by Crippen LogP contribution is -2.41. The van der Waals surface area contributed by atoms with Gasteiger partial charge in [0, 0.05) is 24.7 Å². The summed E-state index contributed by atoms with van der Waals surface area (Å²) in [5, 5.41) is 3.55. The zero-order valence-electron chi connectivity index (χ0n) is 11.8. The zero-order valence-corrected chi connectivity index (χ0v) is 11.8. The maximum absolute atomic E-state index is 12.7. The lowest BCUT2D eigenvalue weighted by molar-refractivity contribution is 0.0784. The van der Waals surface area contributed by atoms with Crippen LogP contribution in [0.2, 0.25) is 0 Å². The fourth-order valence-electron chi connectivity index (χ4n) is 3.52. The number of likely N-dealkylation sites (tertiary alicyclic amines) is 1. The molecule has 0 saturated carbocycles. The van der Waals surface area contributed by atoms with Crippen LogP contribution in [-0.2, 0) is 0 Å². The van der Waals surface area contributed by atoms with Crippen LogP contribution < -0.4 is 5.32 Å². The molecule has 2 aliphatic heterocycles. The predicted molar refractivity (Wildman–Crippen MR) is 76.3 cm³/mol. The molecule has 2 unspecified atom stereocenters. The van der Waals surface area contributed by atoms with Crippen molar-refractivity contribution in [3.05, 3.63) is 34.9 Å². The number of rotatable bonds is 1. The van der Waals surface area contributed by atoms with Gasteiger partial charge in [-0.25, -0.2) is 0 Å². The van der Waals surface area contributed by atoms with Crippen molar-refractivity contribution < 1.29 is 4.79 Å². The summed E-state index contributed by atoms with van der Waals surface area (Å²) in [7, 11) is 0. The number of carbonyl (C=O) groups excluding carboxylic acids is 1. The lowest BCUT2D eigenvalue weighted by Gasteiger charge is -2.24. The molecule has 3 nitrogen and oxygen atoms in total. The van der Waals surface area contributed by atoms with Gasteiger partial charge in [0.15, 0.2) is 0 Å². The van der Waals surface area contributed by atoms with Crippen LogP contribution in [-0.4, -0.2) is 36.5 Å². The van der Waals surface area contributed by atoms with Gasteiger partial charge < -0.3 is 10.2 Å². The van der Waals surface area contributed by atoms with Crippen molar-refractivity contribution >= 4 is 5.91 Å². The predicted octanol–water partition coefficient (Wildman–Crippen LogP) is 2.13. The Balaban J connectivity index is 1.81. The van der Waals surface area contributed by atoms with E-state index < -0.39 is 0 Å². The summed E-state index contributed by atoms with van der Waals surface area (Å²) >= 11 is 0. The largest absolute Gasteiger partial charge is 0.337 e. The SMILES string of the molecule is Cc1cccc(C)c1C(=O)N1CC2CCCNC2C1. The minimum Gasteiger partial charge on any atom is -0.337 e. The van der Waals surface area contributed by atoms with Crippen LogP contribution in [0.15, 0.2) is 18.2 Å². The van der Waals surface area contributed by atoms with Gasteiger partial charge in [-0.15, -0.1) is 0 Å². The summed E-state index contributed by atoms with van der Waals surface area (Å²) in [6.07, 6.45) is 2.50. The van der Waals surface area contributed by atoms with E-state index >= 15 is 0 Å². The number of aryl methyl sites for hydroxylation is 2. The van der Waals surface area contributed by atoms with E-state index in [9.17, 15) is 4.79 Å². The van der Waals surface area contributed by atoms with Crippen molar-refractivity contribution in [2.24, 2.45) is 5.92 Å². The number of carbonyl (C=O) groups is 1. The van der Waals surface area contributed by atoms with Gasteiger partial charge in [-0.1, -0.05) is 18.2 Å². The van der Waals surface area contributed by atoms with E-state index in [2.05, 4.69) is 5.32 Å². The van der Waals surface area contributed by atoms with Crippen molar-refractivity contribution in [3.63, 3.8) is 0 Å². The van der Waals surface area contributed by atoms with E-state index in [1.807, 2.05) is 36.9 Å². The number of benzene rings is 1. The monoisotopic (exact) mass is 258 g/mol. The molecular formula is C16H22N2O. The Bertz CT molecular complexity index is 463. The number of nitrogens with one attached hydrogen (secondary N) is 1. The Morgan fingerprint density at radius 3 is 2.68 bits per heavy atom. The van der Waals surface area contributed by atoms with Crippen LogP contribution in [0.5, 0.6) is 0 Å². The Labute approximate surface area is 115 Å². The summed E-state index contributed by atoms with van der Waals surface area (Å²) in [6, 6.07) is 6.60. The summed E-state index contributed by atoms with van der Waals surface area (Å²) in [6.45, 7) is 6.96. The fourth-order valence-corrected chi connectivity index (χ4v) is 3.52. The first kappa shape index (κ1) is 12.7. The van der Waals surface area contributed by atoms with Gasteiger partial charge in [-0.05, 0) is 50.3 Å². The Hall–Kier alpha value is -1.35. The van der Waals surface area contributed by atoms with Gasteiger partial charge in [-0.2, -0.15) is 0 Å². The minimum atomic E-state index is 0.215. The maximum Gasteiger partial charge on any atom is 0.254 e. The number of hydrogen-bond donors (Lipinski definition) is 1. The molecule has 2 heterocycles. The van der Waals surface area contributed by atoms with Crippen LogP contribution in [0.3, 0.4) is 0 Å². The molecule has 0 spiro atoms. The molecule has 2 saturated heterocycles. The first-order valence-corrected chi connectivity index (χ1v) is 7.25. The fraction of sp³-hybridized carbons (Fsp3) is 0.562. The van der Waals surface area contributed by atoms with Gasteiger partial charge in [0.25, 0.3) is 5.91 Å². The molecule has 0 bridgehead atoms. The highest BCUT2D eigenvalue weighted by atomic mass is 16.2. The summed E-state index contributed by atoms with van der Waals surface area (Å²) < 4.78 is 0. The summed E-state index contributed by atoms with van der Waals surface area (Å²) in [5.74, 6) is 0.869. The highest BCUT2D eigenvalue weighted by Gasteiger charge is 2.37. The molecular weight excluding hydrogens is 236 g/mol. The summed E-state index contributed by atoms with van der Waals surface area (Å²) in [4.78, 5) is 14.8. The third-order valence-electron chi connectivity index (χ3n) is 4.58. The summed E-state index contributed by atoms with van der Waals surface area (Å²) in [5.41, 5.74) is 3.09. The number of piperidine rings is 1. The van der Waals surface area contributed by atoms with Crippen molar-refractivity contribution in [2.45, 2.75) is 32.7 Å². The zero-order chi connectivity index (χ0) is 13.4. The van der Waals surface area contributed by atoms with E-state index in [0.717, 1.165) is 36.3 Å². The molecule has 0 aliphatic carbocycles. The minimum absolute atomic E-state index is 0.215. The molecule has 102 valence electrons. The number of amides is 1. The Morgan fingerprint density at radius 2 is 2.00 bits per heavy atom. The van der Waals surface area contributed by atoms with Gasteiger partial charge in [0.1, 0.15) is 0 Å². The molecule has 2 fully saturated rings. The van der Waals surface area contributed by atoms with Crippen molar-refractivity contribution in [1.82, 2.24) is 10.2 Å². The molecule has 2 aliphatic rings. The number of nitrogens with zero attached hydrogens (tertiary/aromatic N) is 1. The number of fused-ring (bicyclic) bond motifs is 1. The average molecular weight is 258 g/mol. The molecule has 3 heteroatoms. The smallest absolute Gasteiger partial charge is 0.254 e. The second kappa shape index (κ2) is 4.97. The van der Waals surface area contributed by atoms with Crippen LogP contribution in [0.1, 0.15) is 34.3 Å². The Morgan fingerprint density at radius 1 is 1.26 bits per heavy atom. The Kier molecular flexibility index (Phi) is 3.31. The second-order valence-corrected chi connectivity index (χ2v) is 5.94. The van der Waals surface area contributed by atoms with Gasteiger partial charge >= 0.3 is 0 Å². The van der Waals surface area contributed by atoms with Crippen molar-refractivity contribution in [3.8, 4) is 0 Å². The molecule has 19 heavy (non-hydrogen) atoms. The average Bonchev–Trinajstić information content (AvgIpc) is 2.82. The van der Waals surface area contributed by atoms with E-state index in [-0.39, 0.29) is 5.91 Å². The first-order valence-electron chi connectivity index (χ1n) is 7.25. The van der Waals surface area contributed by atoms with E-state index in [1.54, 1.807) is 0 Å². The first-order chi connectivity index (χ1) is 9.16. The highest BCUT2D eigenvalue weighted by Crippen LogP contribution is 2.27. The third-order valence-corrected chi connectivity index (χ3v) is 4.58. The maximum atomic E-state index is 12.7. The normalized spacial score (nSPS) is 26.3. The van der Waals surface area contributed by atoms with E-state index in [4.69, 9.17) is 0 Å². The molecule has 0 aromatic heterocycles. The van der Waals surface area contributed by atoms with Gasteiger partial charge in [0.2, 0.25) is 0 Å². The quantitative estimate of drug-likeness (QED) is 0.837. The van der Waals surface area contributed by atoms with Crippen molar-refractivity contribution in [1.29, 1.82) is 0 Å². The van der Waals surface area contributed by atoms with E-state index in [0.29, 0.717) is 12.0 Å². The molecule has 2 atom stereocenters. The highest BCUT2D eigenvalue weighted by molar-refractivity contribution is 5.97. The standard InChI is InChI=1S/C16H22N2O/c1-11-5-3-6-12(2)15(11)16(19)18-9-13-7-4-8-17-14(13)10-18/h3,5-6,13-14,17H,4,7-10H2,1-2H3. The van der Waals surface area contributed by atoms with Crippen LogP contribution in [0.4, 0.5) is 0 Å². The third kappa shape index (κ3) is 2.27. The molecule has 0 radical (unpaired) electrons. The lowest BCUT2D eigenvalue weighted by atomic mass is 9.94. The molecule has 1 aromatic carbocycles. The van der Waals surface area contributed by atoms with E-state index in [1.165, 1.54) is 12.8 Å². The van der Waals surface area contributed by atoms with Crippen LogP contribution in [0, 0.1) is 19.8 Å². The molecule has 1 amide bonds. The second-order valence-electron chi connectivity index (χ2n) is 5.94. The molecule has 1 aromatic rings.